The van der Waals surface area contributed by atoms with E-state index >= 15 is 0 Å². The van der Waals surface area contributed by atoms with Gasteiger partial charge < -0.3 is 15.1 Å². The maximum absolute atomic E-state index is 12.6. The van der Waals surface area contributed by atoms with Crippen molar-refractivity contribution in [2.24, 2.45) is 0 Å². The van der Waals surface area contributed by atoms with Crippen LogP contribution in [0.3, 0.4) is 0 Å². The van der Waals surface area contributed by atoms with Crippen LogP contribution in [0.1, 0.15) is 15.9 Å². The molecule has 2 amide bonds. The fourth-order valence-electron chi connectivity index (χ4n) is 3.00. The van der Waals surface area contributed by atoms with Crippen LogP contribution in [-0.2, 0) is 4.79 Å². The Hall–Kier alpha value is -3.03. The highest BCUT2D eigenvalue weighted by Crippen LogP contribution is 2.22. The average Bonchev–Trinajstić information content (AvgIpc) is 2.68. The Morgan fingerprint density at radius 1 is 0.893 bits per heavy atom. The zero-order chi connectivity index (χ0) is 20.3. The van der Waals surface area contributed by atoms with Crippen LogP contribution in [0.15, 0.2) is 48.5 Å². The first-order valence-corrected chi connectivity index (χ1v) is 8.83. The summed E-state index contributed by atoms with van der Waals surface area (Å²) in [5, 5.41) is 1.82. The van der Waals surface area contributed by atoms with Gasteiger partial charge in [0.15, 0.2) is 0 Å². The quantitative estimate of drug-likeness (QED) is 0.872. The highest BCUT2D eigenvalue weighted by molar-refractivity contribution is 5.95. The number of nitrogens with zero attached hydrogens (tertiary/aromatic N) is 2. The smallest absolute Gasteiger partial charge is 0.368 e. The number of rotatable bonds is 3. The monoisotopic (exact) mass is 391 g/mol. The number of amides is 2. The lowest BCUT2D eigenvalue weighted by Crippen LogP contribution is -2.48. The lowest BCUT2D eigenvalue weighted by Gasteiger charge is -2.36. The number of carbonyl (C=O) groups excluding carboxylic acids is 2. The van der Waals surface area contributed by atoms with Crippen molar-refractivity contribution in [1.29, 1.82) is 0 Å². The summed E-state index contributed by atoms with van der Waals surface area (Å²) in [6, 6.07) is 13.6. The van der Waals surface area contributed by atoms with Gasteiger partial charge in [0.1, 0.15) is 0 Å². The summed E-state index contributed by atoms with van der Waals surface area (Å²) in [5.74, 6) is -2.01. The molecule has 1 aliphatic heterocycles. The molecule has 2 aromatic rings. The first-order chi connectivity index (χ1) is 13.2. The van der Waals surface area contributed by atoms with Crippen molar-refractivity contribution in [3.05, 3.63) is 59.7 Å². The summed E-state index contributed by atoms with van der Waals surface area (Å²) in [4.78, 5) is 27.4. The van der Waals surface area contributed by atoms with Gasteiger partial charge in [0.05, 0.1) is 0 Å². The lowest BCUT2D eigenvalue weighted by atomic mass is 10.1. The number of halogens is 3. The molecule has 0 saturated carbocycles. The maximum atomic E-state index is 12.6. The molecule has 1 fully saturated rings. The zero-order valence-electron chi connectivity index (χ0n) is 15.3. The van der Waals surface area contributed by atoms with E-state index < -0.39 is 12.1 Å². The summed E-state index contributed by atoms with van der Waals surface area (Å²) >= 11 is 0. The maximum Gasteiger partial charge on any atom is 0.471 e. The van der Waals surface area contributed by atoms with Crippen molar-refractivity contribution in [2.75, 3.05) is 36.4 Å². The fraction of sp³-hybridized carbons (Fsp3) is 0.300. The average molecular weight is 391 g/mol. The van der Waals surface area contributed by atoms with Gasteiger partial charge in [-0.05, 0) is 43.3 Å². The SMILES string of the molecule is Cc1ccc(C(=O)N2CCN(c3ccc(NC(=O)C(F)(F)F)cc3)CC2)cc1. The van der Waals surface area contributed by atoms with E-state index in [-0.39, 0.29) is 11.6 Å². The molecular formula is C20H20F3N3O2. The van der Waals surface area contributed by atoms with Crippen LogP contribution in [-0.4, -0.2) is 49.1 Å². The number of hydrogen-bond donors (Lipinski definition) is 1. The number of alkyl halides is 3. The van der Waals surface area contributed by atoms with Gasteiger partial charge in [-0.1, -0.05) is 17.7 Å². The van der Waals surface area contributed by atoms with E-state index in [9.17, 15) is 22.8 Å². The summed E-state index contributed by atoms with van der Waals surface area (Å²) in [6.45, 7) is 4.31. The molecule has 0 spiro atoms. The van der Waals surface area contributed by atoms with E-state index in [1.165, 1.54) is 12.1 Å². The molecular weight excluding hydrogens is 371 g/mol. The minimum Gasteiger partial charge on any atom is -0.368 e. The third-order valence-electron chi connectivity index (χ3n) is 4.61. The number of nitrogens with one attached hydrogen (secondary N) is 1. The molecule has 2 aromatic carbocycles. The van der Waals surface area contributed by atoms with Crippen molar-refractivity contribution < 1.29 is 22.8 Å². The number of anilines is 2. The van der Waals surface area contributed by atoms with Crippen LogP contribution >= 0.6 is 0 Å². The highest BCUT2D eigenvalue weighted by Gasteiger charge is 2.38. The summed E-state index contributed by atoms with van der Waals surface area (Å²) in [6.07, 6.45) is -4.92. The van der Waals surface area contributed by atoms with Gasteiger partial charge in [-0.25, -0.2) is 0 Å². The minimum atomic E-state index is -4.92. The molecule has 5 nitrogen and oxygen atoms in total. The lowest BCUT2D eigenvalue weighted by molar-refractivity contribution is -0.167. The Balaban J connectivity index is 1.56. The van der Waals surface area contributed by atoms with E-state index in [0.29, 0.717) is 31.7 Å². The summed E-state index contributed by atoms with van der Waals surface area (Å²) in [7, 11) is 0. The van der Waals surface area contributed by atoms with E-state index in [1.807, 2.05) is 41.4 Å². The van der Waals surface area contributed by atoms with Crippen molar-refractivity contribution in [3.8, 4) is 0 Å². The third kappa shape index (κ3) is 4.62. The molecule has 0 radical (unpaired) electrons. The minimum absolute atomic E-state index is 0.00939. The molecule has 1 heterocycles. The van der Waals surface area contributed by atoms with Gasteiger partial charge in [-0.3, -0.25) is 9.59 Å². The van der Waals surface area contributed by atoms with Crippen LogP contribution in [0.5, 0.6) is 0 Å². The second-order valence-electron chi connectivity index (χ2n) is 6.64. The fourth-order valence-corrected chi connectivity index (χ4v) is 3.00. The van der Waals surface area contributed by atoms with Gasteiger partial charge in [0, 0.05) is 43.1 Å². The van der Waals surface area contributed by atoms with E-state index in [4.69, 9.17) is 0 Å². The number of aryl methyl sites for hydroxylation is 1. The van der Waals surface area contributed by atoms with E-state index in [2.05, 4.69) is 0 Å². The van der Waals surface area contributed by atoms with Crippen molar-refractivity contribution >= 4 is 23.2 Å². The molecule has 0 aliphatic carbocycles. The Morgan fingerprint density at radius 2 is 1.46 bits per heavy atom. The second kappa shape index (κ2) is 7.92. The normalized spacial score (nSPS) is 14.7. The molecule has 3 rings (SSSR count). The Bertz CT molecular complexity index is 840. The molecule has 0 bridgehead atoms. The van der Waals surface area contributed by atoms with Crippen LogP contribution < -0.4 is 10.2 Å². The van der Waals surface area contributed by atoms with Crippen LogP contribution in [0.4, 0.5) is 24.5 Å². The molecule has 0 aromatic heterocycles. The number of benzene rings is 2. The number of piperazine rings is 1. The predicted molar refractivity (Wildman–Crippen MR) is 100 cm³/mol. The molecule has 0 unspecified atom stereocenters. The first-order valence-electron chi connectivity index (χ1n) is 8.83. The molecule has 148 valence electrons. The molecule has 1 N–H and O–H groups in total. The van der Waals surface area contributed by atoms with Crippen LogP contribution in [0.2, 0.25) is 0 Å². The van der Waals surface area contributed by atoms with Crippen LogP contribution in [0, 0.1) is 6.92 Å². The zero-order valence-corrected chi connectivity index (χ0v) is 15.3. The van der Waals surface area contributed by atoms with Crippen molar-refractivity contribution in [2.45, 2.75) is 13.1 Å². The molecule has 0 atom stereocenters. The van der Waals surface area contributed by atoms with Gasteiger partial charge in [0.2, 0.25) is 0 Å². The van der Waals surface area contributed by atoms with Gasteiger partial charge >= 0.3 is 12.1 Å². The Morgan fingerprint density at radius 3 is 2.00 bits per heavy atom. The predicted octanol–water partition coefficient (Wildman–Crippen LogP) is 3.46. The van der Waals surface area contributed by atoms with Crippen molar-refractivity contribution in [3.63, 3.8) is 0 Å². The van der Waals surface area contributed by atoms with Gasteiger partial charge in [-0.2, -0.15) is 13.2 Å². The second-order valence-corrected chi connectivity index (χ2v) is 6.64. The van der Waals surface area contributed by atoms with E-state index in [1.54, 1.807) is 17.0 Å². The molecule has 28 heavy (non-hydrogen) atoms. The summed E-state index contributed by atoms with van der Waals surface area (Å²) in [5.41, 5.74) is 2.66. The topological polar surface area (TPSA) is 52.7 Å². The van der Waals surface area contributed by atoms with Crippen molar-refractivity contribution in [1.82, 2.24) is 4.90 Å². The van der Waals surface area contributed by atoms with Gasteiger partial charge in [-0.15, -0.1) is 0 Å². The molecule has 8 heteroatoms. The standard InChI is InChI=1S/C20H20F3N3O2/c1-14-2-4-15(5-3-14)18(27)26-12-10-25(11-13-26)17-8-6-16(7-9-17)24-19(28)20(21,22)23/h2-9H,10-13H2,1H3,(H,24,28). The molecule has 1 saturated heterocycles. The molecule has 1 aliphatic rings. The van der Waals surface area contributed by atoms with E-state index in [0.717, 1.165) is 11.3 Å². The van der Waals surface area contributed by atoms with Crippen LogP contribution in [0.25, 0.3) is 0 Å². The largest absolute Gasteiger partial charge is 0.471 e. The third-order valence-corrected chi connectivity index (χ3v) is 4.61. The number of hydrogen-bond acceptors (Lipinski definition) is 3. The first kappa shape index (κ1) is 19.7. The highest BCUT2D eigenvalue weighted by atomic mass is 19.4. The summed E-state index contributed by atoms with van der Waals surface area (Å²) < 4.78 is 36.9. The number of carbonyl (C=O) groups is 2. The Kier molecular flexibility index (Phi) is 5.58. The van der Waals surface area contributed by atoms with Gasteiger partial charge in [0.25, 0.3) is 5.91 Å². The Labute approximate surface area is 160 Å².